The molecule has 2 N–H and O–H groups in total. The van der Waals surface area contributed by atoms with Gasteiger partial charge in [-0.15, -0.1) is 0 Å². The fourth-order valence-electron chi connectivity index (χ4n) is 1.32. The zero-order valence-electron chi connectivity index (χ0n) is 9.13. The molecule has 2 atom stereocenters. The lowest BCUT2D eigenvalue weighted by molar-refractivity contribution is 0.0333. The number of halogens is 1. The van der Waals surface area contributed by atoms with Crippen LogP contribution >= 0.6 is 28.6 Å². The highest BCUT2D eigenvalue weighted by Crippen LogP contribution is 2.27. The number of thiol groups is 1. The molecule has 0 bridgehead atoms. The molecule has 94 valence electrons. The minimum absolute atomic E-state index is 0.145. The first-order valence-corrected chi connectivity index (χ1v) is 6.28. The van der Waals surface area contributed by atoms with Crippen LogP contribution in [0.1, 0.15) is 22.0 Å². The molecule has 0 spiro atoms. The zero-order chi connectivity index (χ0) is 13.0. The molecule has 2 unspecified atom stereocenters. The molecular weight excluding hydrogens is 308 g/mol. The molecule has 0 amide bonds. The van der Waals surface area contributed by atoms with E-state index in [1.54, 1.807) is 6.07 Å². The molecule has 0 saturated heterocycles. The molecular formula is C11H13BrO4S. The summed E-state index contributed by atoms with van der Waals surface area (Å²) < 4.78 is 5.11. The van der Waals surface area contributed by atoms with Gasteiger partial charge in [-0.2, -0.15) is 12.6 Å². The Hall–Kier alpha value is -0.560. The van der Waals surface area contributed by atoms with Crippen LogP contribution in [0.4, 0.5) is 0 Å². The maximum Gasteiger partial charge on any atom is 0.337 e. The van der Waals surface area contributed by atoms with Gasteiger partial charge in [0.15, 0.2) is 0 Å². The molecule has 0 aromatic heterocycles. The van der Waals surface area contributed by atoms with Gasteiger partial charge in [0.25, 0.3) is 0 Å². The van der Waals surface area contributed by atoms with Gasteiger partial charge in [-0.3, -0.25) is 0 Å². The fourth-order valence-corrected chi connectivity index (χ4v) is 2.13. The van der Waals surface area contributed by atoms with Crippen LogP contribution in [-0.4, -0.2) is 35.1 Å². The van der Waals surface area contributed by atoms with E-state index in [0.29, 0.717) is 15.6 Å². The lowest BCUT2D eigenvalue weighted by atomic mass is 10.0. The van der Waals surface area contributed by atoms with Gasteiger partial charge in [-0.25, -0.2) is 4.79 Å². The number of aliphatic hydroxyl groups is 2. The number of carbonyl (C=O) groups is 1. The van der Waals surface area contributed by atoms with Gasteiger partial charge in [0, 0.05) is 10.2 Å². The van der Waals surface area contributed by atoms with Crippen LogP contribution in [0.25, 0.3) is 0 Å². The number of esters is 1. The second-order valence-electron chi connectivity index (χ2n) is 3.42. The number of methoxy groups -OCH3 is 1. The second-order valence-corrected chi connectivity index (χ2v) is 4.64. The van der Waals surface area contributed by atoms with Gasteiger partial charge in [0.1, 0.15) is 6.10 Å². The third kappa shape index (κ3) is 3.45. The van der Waals surface area contributed by atoms with Crippen LogP contribution in [0.15, 0.2) is 22.7 Å². The Morgan fingerprint density at radius 3 is 2.65 bits per heavy atom. The van der Waals surface area contributed by atoms with Crippen LogP contribution < -0.4 is 0 Å². The van der Waals surface area contributed by atoms with Crippen LogP contribution in [-0.2, 0) is 4.74 Å². The van der Waals surface area contributed by atoms with E-state index in [0.717, 1.165) is 0 Å². The van der Waals surface area contributed by atoms with Crippen molar-refractivity contribution >= 4 is 34.5 Å². The summed E-state index contributed by atoms with van der Waals surface area (Å²) in [5, 5.41) is 19.3. The monoisotopic (exact) mass is 320 g/mol. The Kier molecular flexibility index (Phi) is 5.45. The Labute approximate surface area is 113 Å². The number of benzene rings is 1. The Morgan fingerprint density at radius 2 is 2.18 bits per heavy atom. The number of hydrogen-bond acceptors (Lipinski definition) is 5. The van der Waals surface area contributed by atoms with Crippen molar-refractivity contribution in [3.8, 4) is 0 Å². The number of hydrogen-bond donors (Lipinski definition) is 3. The fraction of sp³-hybridized carbons (Fsp3) is 0.364. The van der Waals surface area contributed by atoms with Gasteiger partial charge < -0.3 is 14.9 Å². The van der Waals surface area contributed by atoms with E-state index in [1.807, 2.05) is 0 Å². The summed E-state index contributed by atoms with van der Waals surface area (Å²) in [6.07, 6.45) is -2.01. The lowest BCUT2D eigenvalue weighted by Crippen LogP contribution is -2.20. The first kappa shape index (κ1) is 14.5. The number of carbonyl (C=O) groups excluding carboxylic acids is 1. The zero-order valence-corrected chi connectivity index (χ0v) is 11.6. The first-order valence-electron chi connectivity index (χ1n) is 4.86. The number of ether oxygens (including phenoxy) is 1. The second kappa shape index (κ2) is 6.39. The van der Waals surface area contributed by atoms with E-state index in [9.17, 15) is 15.0 Å². The Balaban J connectivity index is 3.01. The summed E-state index contributed by atoms with van der Waals surface area (Å²) in [6, 6.07) is 4.63. The molecule has 6 heteroatoms. The van der Waals surface area contributed by atoms with Crippen molar-refractivity contribution in [3.63, 3.8) is 0 Å². The quantitative estimate of drug-likeness (QED) is 0.582. The van der Waals surface area contributed by atoms with Crippen molar-refractivity contribution in [3.05, 3.63) is 33.8 Å². The molecule has 0 aliphatic rings. The van der Waals surface area contributed by atoms with Gasteiger partial charge in [0.05, 0.1) is 18.8 Å². The number of aliphatic hydroxyl groups excluding tert-OH is 2. The number of rotatable bonds is 4. The normalized spacial score (nSPS) is 14.2. The Morgan fingerprint density at radius 1 is 1.53 bits per heavy atom. The van der Waals surface area contributed by atoms with E-state index < -0.39 is 18.2 Å². The summed E-state index contributed by atoms with van der Waals surface area (Å²) in [7, 11) is 1.30. The van der Waals surface area contributed by atoms with E-state index >= 15 is 0 Å². The minimum atomic E-state index is -1.05. The van der Waals surface area contributed by atoms with Crippen LogP contribution in [0.3, 0.4) is 0 Å². The molecule has 0 fully saturated rings. The smallest absolute Gasteiger partial charge is 0.337 e. The largest absolute Gasteiger partial charge is 0.465 e. The molecule has 1 aromatic rings. The third-order valence-electron chi connectivity index (χ3n) is 2.29. The van der Waals surface area contributed by atoms with Crippen LogP contribution in [0.5, 0.6) is 0 Å². The van der Waals surface area contributed by atoms with Crippen LogP contribution in [0.2, 0.25) is 0 Å². The topological polar surface area (TPSA) is 66.8 Å². The Bertz CT molecular complexity index is 410. The van der Waals surface area contributed by atoms with Crippen molar-refractivity contribution in [2.24, 2.45) is 0 Å². The van der Waals surface area contributed by atoms with Crippen molar-refractivity contribution in [1.29, 1.82) is 0 Å². The summed E-state index contributed by atoms with van der Waals surface area (Å²) in [5.74, 6) is -0.312. The molecule has 0 aliphatic carbocycles. The molecule has 0 saturated carbocycles. The highest BCUT2D eigenvalue weighted by atomic mass is 79.9. The van der Waals surface area contributed by atoms with Gasteiger partial charge >= 0.3 is 5.97 Å². The van der Waals surface area contributed by atoms with E-state index in [1.165, 1.54) is 19.2 Å². The molecule has 1 aromatic carbocycles. The predicted molar refractivity (Wildman–Crippen MR) is 70.3 cm³/mol. The molecule has 17 heavy (non-hydrogen) atoms. The standard InChI is InChI=1S/C11H13BrO4S/c1-16-11(15)6-2-3-7(8(12)4-6)10(14)9(13)5-17/h2-4,9-10,13-14,17H,5H2,1H3. The van der Waals surface area contributed by atoms with Gasteiger partial charge in [-0.1, -0.05) is 22.0 Å². The maximum absolute atomic E-state index is 11.3. The SMILES string of the molecule is COC(=O)c1ccc(C(O)C(O)CS)c(Br)c1. The van der Waals surface area contributed by atoms with Crippen molar-refractivity contribution in [1.82, 2.24) is 0 Å². The third-order valence-corrected chi connectivity index (χ3v) is 3.35. The van der Waals surface area contributed by atoms with Crippen molar-refractivity contribution in [2.75, 3.05) is 12.9 Å². The molecule has 4 nitrogen and oxygen atoms in total. The average molecular weight is 321 g/mol. The molecule has 0 radical (unpaired) electrons. The highest BCUT2D eigenvalue weighted by Gasteiger charge is 2.20. The van der Waals surface area contributed by atoms with Crippen molar-refractivity contribution in [2.45, 2.75) is 12.2 Å². The minimum Gasteiger partial charge on any atom is -0.465 e. The predicted octanol–water partition coefficient (Wildman–Crippen LogP) is 1.56. The summed E-state index contributed by atoms with van der Waals surface area (Å²) in [6.45, 7) is 0. The average Bonchev–Trinajstić information content (AvgIpc) is 2.35. The van der Waals surface area contributed by atoms with Gasteiger partial charge in [0.2, 0.25) is 0 Å². The molecule has 0 heterocycles. The highest BCUT2D eigenvalue weighted by molar-refractivity contribution is 9.10. The molecule has 0 aliphatic heterocycles. The van der Waals surface area contributed by atoms with E-state index in [-0.39, 0.29) is 5.75 Å². The van der Waals surface area contributed by atoms with E-state index in [4.69, 9.17) is 0 Å². The van der Waals surface area contributed by atoms with E-state index in [2.05, 4.69) is 33.3 Å². The summed E-state index contributed by atoms with van der Waals surface area (Å²) >= 11 is 7.15. The van der Waals surface area contributed by atoms with Crippen molar-refractivity contribution < 1.29 is 19.7 Å². The molecule has 1 rings (SSSR count). The maximum atomic E-state index is 11.3. The lowest BCUT2D eigenvalue weighted by Gasteiger charge is -2.17. The first-order chi connectivity index (χ1) is 8.01. The summed E-state index contributed by atoms with van der Waals surface area (Å²) in [4.78, 5) is 11.3. The van der Waals surface area contributed by atoms with Gasteiger partial charge in [-0.05, 0) is 17.7 Å². The summed E-state index contributed by atoms with van der Waals surface area (Å²) in [5.41, 5.74) is 0.870. The van der Waals surface area contributed by atoms with Crippen LogP contribution in [0, 0.1) is 0 Å².